The fourth-order valence-electron chi connectivity index (χ4n) is 1.78. The number of carbonyl (C=O) groups excluding carboxylic acids is 1. The molecule has 0 amide bonds. The number of nitrogens with zero attached hydrogens (tertiary/aromatic N) is 4. The number of rotatable bonds is 2. The quantitative estimate of drug-likeness (QED) is 0.773. The summed E-state index contributed by atoms with van der Waals surface area (Å²) in [5, 5.41) is 13.8. The minimum Gasteiger partial charge on any atom is -0.512 e. The molecular formula is C11H10N4O3. The number of hydrogen-bond donors (Lipinski definition) is 1. The van der Waals surface area contributed by atoms with Crippen LogP contribution in [-0.2, 0) is 16.0 Å². The Kier molecular flexibility index (Phi) is 2.44. The molecule has 92 valence electrons. The number of aromatic nitrogens is 4. The van der Waals surface area contributed by atoms with Gasteiger partial charge >= 0.3 is 5.97 Å². The van der Waals surface area contributed by atoms with Gasteiger partial charge in [0, 0.05) is 25.2 Å². The van der Waals surface area contributed by atoms with Crippen molar-refractivity contribution in [3.05, 3.63) is 35.6 Å². The summed E-state index contributed by atoms with van der Waals surface area (Å²) in [4.78, 5) is 19.7. The van der Waals surface area contributed by atoms with Crippen molar-refractivity contribution in [1.82, 2.24) is 19.6 Å². The van der Waals surface area contributed by atoms with Gasteiger partial charge < -0.3 is 9.84 Å². The highest BCUT2D eigenvalue weighted by molar-refractivity contribution is 5.90. The highest BCUT2D eigenvalue weighted by Gasteiger charge is 2.23. The Hall–Kier alpha value is -2.44. The van der Waals surface area contributed by atoms with Crippen LogP contribution < -0.4 is 0 Å². The predicted molar refractivity (Wildman–Crippen MR) is 59.7 cm³/mol. The van der Waals surface area contributed by atoms with Gasteiger partial charge in [-0.1, -0.05) is 0 Å². The fraction of sp³-hybridized carbons (Fsp3) is 0.273. The average molecular weight is 246 g/mol. The standard InChI is InChI=1S/C11H10N4O3/c16-8-2-5-18-10(17)7(8)6-9-13-11-12-3-1-4-15(11)14-9/h1,3-4,16H,2,5-6H2. The number of ether oxygens (including phenoxy) is 1. The highest BCUT2D eigenvalue weighted by atomic mass is 16.5. The van der Waals surface area contributed by atoms with Crippen LogP contribution in [0.1, 0.15) is 12.2 Å². The van der Waals surface area contributed by atoms with E-state index in [0.717, 1.165) is 0 Å². The van der Waals surface area contributed by atoms with Crippen molar-refractivity contribution in [3.63, 3.8) is 0 Å². The first-order valence-electron chi connectivity index (χ1n) is 5.48. The zero-order valence-corrected chi connectivity index (χ0v) is 9.41. The van der Waals surface area contributed by atoms with E-state index in [2.05, 4.69) is 15.1 Å². The molecule has 0 bridgehead atoms. The second-order valence-corrected chi connectivity index (χ2v) is 3.88. The lowest BCUT2D eigenvalue weighted by molar-refractivity contribution is -0.140. The van der Waals surface area contributed by atoms with Crippen molar-refractivity contribution in [2.45, 2.75) is 12.8 Å². The van der Waals surface area contributed by atoms with Gasteiger partial charge in [0.05, 0.1) is 12.2 Å². The SMILES string of the molecule is O=C1OCCC(O)=C1Cc1nc2ncccn2n1. The lowest BCUT2D eigenvalue weighted by atomic mass is 10.1. The first-order chi connectivity index (χ1) is 8.74. The van der Waals surface area contributed by atoms with Crippen molar-refractivity contribution in [3.8, 4) is 0 Å². The summed E-state index contributed by atoms with van der Waals surface area (Å²) in [5.74, 6) is 0.425. The van der Waals surface area contributed by atoms with E-state index in [1.165, 1.54) is 4.52 Å². The lowest BCUT2D eigenvalue weighted by Crippen LogP contribution is -2.19. The highest BCUT2D eigenvalue weighted by Crippen LogP contribution is 2.17. The van der Waals surface area contributed by atoms with Crippen LogP contribution in [0.4, 0.5) is 0 Å². The number of aliphatic hydroxyl groups excluding tert-OH is 1. The topological polar surface area (TPSA) is 89.6 Å². The molecule has 0 spiro atoms. The Balaban J connectivity index is 1.94. The van der Waals surface area contributed by atoms with Crippen LogP contribution in [0, 0.1) is 0 Å². The van der Waals surface area contributed by atoms with E-state index >= 15 is 0 Å². The third-order valence-corrected chi connectivity index (χ3v) is 2.66. The van der Waals surface area contributed by atoms with E-state index in [0.29, 0.717) is 18.0 Å². The van der Waals surface area contributed by atoms with Crippen molar-refractivity contribution in [2.75, 3.05) is 6.61 Å². The van der Waals surface area contributed by atoms with E-state index < -0.39 is 5.97 Å². The Labute approximate surface area is 102 Å². The summed E-state index contributed by atoms with van der Waals surface area (Å²) in [6, 6.07) is 1.73. The number of carbonyl (C=O) groups is 1. The summed E-state index contributed by atoms with van der Waals surface area (Å²) < 4.78 is 6.39. The average Bonchev–Trinajstić information content (AvgIpc) is 2.76. The largest absolute Gasteiger partial charge is 0.512 e. The van der Waals surface area contributed by atoms with Crippen LogP contribution in [0.15, 0.2) is 29.8 Å². The van der Waals surface area contributed by atoms with E-state index in [9.17, 15) is 9.90 Å². The van der Waals surface area contributed by atoms with Gasteiger partial charge in [-0.25, -0.2) is 14.3 Å². The first-order valence-corrected chi connectivity index (χ1v) is 5.48. The van der Waals surface area contributed by atoms with E-state index in [1.807, 2.05) is 0 Å². The summed E-state index contributed by atoms with van der Waals surface area (Å²) in [6.07, 6.45) is 3.81. The van der Waals surface area contributed by atoms with Gasteiger partial charge in [-0.3, -0.25) is 0 Å². The van der Waals surface area contributed by atoms with E-state index in [4.69, 9.17) is 4.74 Å². The van der Waals surface area contributed by atoms with E-state index in [-0.39, 0.29) is 24.4 Å². The van der Waals surface area contributed by atoms with Crippen molar-refractivity contribution < 1.29 is 14.6 Å². The zero-order chi connectivity index (χ0) is 12.5. The maximum Gasteiger partial charge on any atom is 0.337 e. The van der Waals surface area contributed by atoms with Gasteiger partial charge in [-0.2, -0.15) is 4.98 Å². The molecule has 7 nitrogen and oxygen atoms in total. The molecule has 3 heterocycles. The zero-order valence-electron chi connectivity index (χ0n) is 9.41. The maximum absolute atomic E-state index is 11.5. The molecule has 0 saturated carbocycles. The van der Waals surface area contributed by atoms with Gasteiger partial charge in [-0.05, 0) is 6.07 Å². The van der Waals surface area contributed by atoms with Gasteiger partial charge in [0.25, 0.3) is 5.78 Å². The number of esters is 1. The monoisotopic (exact) mass is 246 g/mol. The molecular weight excluding hydrogens is 236 g/mol. The number of aliphatic hydroxyl groups is 1. The molecule has 1 aliphatic rings. The minimum atomic E-state index is -0.509. The second kappa shape index (κ2) is 4.10. The summed E-state index contributed by atoms with van der Waals surface area (Å²) in [5.41, 5.74) is 0.220. The molecule has 0 aliphatic carbocycles. The van der Waals surface area contributed by atoms with Crippen LogP contribution >= 0.6 is 0 Å². The molecule has 1 aliphatic heterocycles. The van der Waals surface area contributed by atoms with Gasteiger partial charge in [0.1, 0.15) is 5.76 Å². The van der Waals surface area contributed by atoms with Crippen molar-refractivity contribution in [2.24, 2.45) is 0 Å². The number of hydrogen-bond acceptors (Lipinski definition) is 6. The summed E-state index contributed by atoms with van der Waals surface area (Å²) in [7, 11) is 0. The molecule has 0 radical (unpaired) electrons. The van der Waals surface area contributed by atoms with Crippen LogP contribution in [0.3, 0.4) is 0 Å². The Bertz CT molecular complexity index is 614. The number of fused-ring (bicyclic) bond motifs is 1. The van der Waals surface area contributed by atoms with Crippen molar-refractivity contribution >= 4 is 11.7 Å². The smallest absolute Gasteiger partial charge is 0.337 e. The molecule has 3 rings (SSSR count). The molecule has 2 aromatic heterocycles. The van der Waals surface area contributed by atoms with Crippen LogP contribution in [0.5, 0.6) is 0 Å². The molecule has 1 N–H and O–H groups in total. The van der Waals surface area contributed by atoms with E-state index in [1.54, 1.807) is 18.5 Å². The van der Waals surface area contributed by atoms with Gasteiger partial charge in [0.2, 0.25) is 0 Å². The Morgan fingerprint density at radius 3 is 3.17 bits per heavy atom. The molecule has 18 heavy (non-hydrogen) atoms. The Morgan fingerprint density at radius 1 is 1.50 bits per heavy atom. The maximum atomic E-state index is 11.5. The molecule has 7 heteroatoms. The molecule has 0 saturated heterocycles. The molecule has 0 atom stereocenters. The minimum absolute atomic E-state index is 0.0538. The first kappa shape index (κ1) is 10.7. The van der Waals surface area contributed by atoms with Crippen LogP contribution in [0.25, 0.3) is 5.78 Å². The molecule has 2 aromatic rings. The summed E-state index contributed by atoms with van der Waals surface area (Å²) in [6.45, 7) is 0.217. The Morgan fingerprint density at radius 2 is 2.39 bits per heavy atom. The molecule has 0 unspecified atom stereocenters. The second-order valence-electron chi connectivity index (χ2n) is 3.88. The summed E-state index contributed by atoms with van der Waals surface area (Å²) >= 11 is 0. The third kappa shape index (κ3) is 1.79. The van der Waals surface area contributed by atoms with Crippen LogP contribution in [0.2, 0.25) is 0 Å². The van der Waals surface area contributed by atoms with Gasteiger partial charge in [0.15, 0.2) is 5.82 Å². The van der Waals surface area contributed by atoms with Crippen molar-refractivity contribution in [1.29, 1.82) is 0 Å². The normalized spacial score (nSPS) is 16.1. The third-order valence-electron chi connectivity index (χ3n) is 2.66. The number of cyclic esters (lactones) is 1. The van der Waals surface area contributed by atoms with Crippen LogP contribution in [-0.4, -0.2) is 37.3 Å². The molecule has 0 aromatic carbocycles. The molecule has 0 fully saturated rings. The lowest BCUT2D eigenvalue weighted by Gasteiger charge is -2.14. The van der Waals surface area contributed by atoms with Gasteiger partial charge in [-0.15, -0.1) is 5.10 Å². The predicted octanol–water partition coefficient (Wildman–Crippen LogP) is 0.426. The fourth-order valence-corrected chi connectivity index (χ4v) is 1.78.